The summed E-state index contributed by atoms with van der Waals surface area (Å²) in [5.74, 6) is -2.19. The number of hydrogen-bond donors (Lipinski definition) is 0. The third kappa shape index (κ3) is 5.21. The van der Waals surface area contributed by atoms with Crippen LogP contribution in [0.2, 0.25) is 0 Å². The third-order valence-electron chi connectivity index (χ3n) is 6.71. The van der Waals surface area contributed by atoms with E-state index in [9.17, 15) is 13.2 Å². The maximum atomic E-state index is 15.1. The van der Waals surface area contributed by atoms with Crippen LogP contribution >= 0.6 is 0 Å². The van der Waals surface area contributed by atoms with Gasteiger partial charge in [0.1, 0.15) is 22.6 Å². The first-order valence-electron chi connectivity index (χ1n) is 11.6. The Balaban J connectivity index is 1.55. The van der Waals surface area contributed by atoms with E-state index in [1.54, 1.807) is 57.4 Å². The van der Waals surface area contributed by atoms with Gasteiger partial charge in [0, 0.05) is 37.8 Å². The fraction of sp³-hybridized carbons (Fsp3) is 0.385. The van der Waals surface area contributed by atoms with Gasteiger partial charge < -0.3 is 0 Å². The zero-order chi connectivity index (χ0) is 25.3. The highest BCUT2D eigenvalue weighted by Crippen LogP contribution is 2.38. The molecule has 0 N–H and O–H groups in total. The van der Waals surface area contributed by atoms with Crippen molar-refractivity contribution in [3.05, 3.63) is 88.7 Å². The van der Waals surface area contributed by atoms with Gasteiger partial charge in [-0.15, -0.1) is 0 Å². The SMILES string of the molecule is CC(CC(=O)c1ccn(C)n1)c1cc(F)c(CN2[C@H](C)CC[C@@H](c3ccccc3)S2(=O)=O)cc1F. The third-order valence-corrected chi connectivity index (χ3v) is 9.08. The molecule has 1 aliphatic rings. The van der Waals surface area contributed by atoms with Gasteiger partial charge >= 0.3 is 0 Å². The zero-order valence-corrected chi connectivity index (χ0v) is 20.8. The van der Waals surface area contributed by atoms with Gasteiger partial charge in [0.2, 0.25) is 10.0 Å². The topological polar surface area (TPSA) is 72.3 Å². The second-order valence-electron chi connectivity index (χ2n) is 9.28. The molecule has 0 spiro atoms. The largest absolute Gasteiger partial charge is 0.292 e. The van der Waals surface area contributed by atoms with Crippen LogP contribution < -0.4 is 0 Å². The van der Waals surface area contributed by atoms with E-state index in [1.165, 1.54) is 8.99 Å². The molecule has 3 atom stereocenters. The molecular formula is C26H29F2N3O3S. The highest BCUT2D eigenvalue weighted by atomic mass is 32.2. The number of nitrogens with zero attached hydrogens (tertiary/aromatic N) is 3. The van der Waals surface area contributed by atoms with E-state index in [1.807, 2.05) is 6.07 Å². The van der Waals surface area contributed by atoms with Crippen molar-refractivity contribution in [1.29, 1.82) is 0 Å². The maximum Gasteiger partial charge on any atom is 0.221 e. The van der Waals surface area contributed by atoms with E-state index in [2.05, 4.69) is 5.10 Å². The quantitative estimate of drug-likeness (QED) is 0.421. The minimum absolute atomic E-state index is 0.0248. The Kier molecular flexibility index (Phi) is 7.19. The van der Waals surface area contributed by atoms with Crippen molar-refractivity contribution in [1.82, 2.24) is 14.1 Å². The summed E-state index contributed by atoms with van der Waals surface area (Å²) in [5.41, 5.74) is 1.01. The number of Topliss-reactive ketones (excluding diaryl/α,β-unsaturated/α-hetero) is 1. The number of aromatic nitrogens is 2. The average molecular weight is 502 g/mol. The number of sulfonamides is 1. The van der Waals surface area contributed by atoms with Crippen molar-refractivity contribution in [3.63, 3.8) is 0 Å². The average Bonchev–Trinajstić information content (AvgIpc) is 3.25. The molecule has 6 nitrogen and oxygen atoms in total. The lowest BCUT2D eigenvalue weighted by molar-refractivity contribution is 0.0969. The minimum Gasteiger partial charge on any atom is -0.292 e. The van der Waals surface area contributed by atoms with Crippen LogP contribution in [0.1, 0.15) is 71.5 Å². The molecule has 2 aromatic carbocycles. The molecule has 1 saturated heterocycles. The molecule has 186 valence electrons. The molecule has 3 aromatic rings. The molecule has 9 heteroatoms. The van der Waals surface area contributed by atoms with Crippen LogP contribution in [0.25, 0.3) is 0 Å². The van der Waals surface area contributed by atoms with E-state index in [-0.39, 0.29) is 41.6 Å². The fourth-order valence-corrected chi connectivity index (χ4v) is 6.87. The molecule has 1 aliphatic heterocycles. The lowest BCUT2D eigenvalue weighted by Gasteiger charge is -2.37. The molecule has 2 heterocycles. The van der Waals surface area contributed by atoms with Crippen molar-refractivity contribution in [3.8, 4) is 0 Å². The highest BCUT2D eigenvalue weighted by Gasteiger charge is 2.40. The summed E-state index contributed by atoms with van der Waals surface area (Å²) in [6, 6.07) is 12.3. The summed E-state index contributed by atoms with van der Waals surface area (Å²) in [6.45, 7) is 3.18. The Morgan fingerprint density at radius 1 is 1.11 bits per heavy atom. The van der Waals surface area contributed by atoms with Crippen LogP contribution in [-0.4, -0.2) is 34.3 Å². The molecule has 1 unspecified atom stereocenters. The van der Waals surface area contributed by atoms with Gasteiger partial charge in [-0.2, -0.15) is 9.40 Å². The number of halogens is 2. The maximum absolute atomic E-state index is 15.1. The Labute approximate surface area is 204 Å². The van der Waals surface area contributed by atoms with Gasteiger partial charge in [-0.1, -0.05) is 37.3 Å². The summed E-state index contributed by atoms with van der Waals surface area (Å²) in [5, 5.41) is 3.34. The number of rotatable bonds is 7. The molecule has 4 rings (SSSR count). The van der Waals surface area contributed by atoms with Gasteiger partial charge in [0.15, 0.2) is 5.78 Å². The highest BCUT2D eigenvalue weighted by molar-refractivity contribution is 7.89. The van der Waals surface area contributed by atoms with E-state index in [4.69, 9.17) is 0 Å². The molecule has 1 fully saturated rings. The van der Waals surface area contributed by atoms with E-state index < -0.39 is 32.8 Å². The number of aryl methyl sites for hydroxylation is 1. The van der Waals surface area contributed by atoms with Crippen LogP contribution in [-0.2, 0) is 23.6 Å². The molecule has 0 radical (unpaired) electrons. The van der Waals surface area contributed by atoms with Crippen LogP contribution in [0.15, 0.2) is 54.7 Å². The lowest BCUT2D eigenvalue weighted by Crippen LogP contribution is -2.44. The van der Waals surface area contributed by atoms with Crippen LogP contribution in [0.5, 0.6) is 0 Å². The molecule has 0 amide bonds. The van der Waals surface area contributed by atoms with E-state index in [0.29, 0.717) is 18.4 Å². The molecular weight excluding hydrogens is 472 g/mol. The zero-order valence-electron chi connectivity index (χ0n) is 20.0. The molecule has 0 bridgehead atoms. The Morgan fingerprint density at radius 2 is 1.83 bits per heavy atom. The van der Waals surface area contributed by atoms with Gasteiger partial charge in [0.25, 0.3) is 0 Å². The monoisotopic (exact) mass is 501 g/mol. The smallest absolute Gasteiger partial charge is 0.221 e. The van der Waals surface area contributed by atoms with Crippen LogP contribution in [0.4, 0.5) is 8.78 Å². The summed E-state index contributed by atoms with van der Waals surface area (Å²) >= 11 is 0. The van der Waals surface area contributed by atoms with Gasteiger partial charge in [-0.3, -0.25) is 9.48 Å². The van der Waals surface area contributed by atoms with Crippen molar-refractivity contribution >= 4 is 15.8 Å². The first-order valence-corrected chi connectivity index (χ1v) is 13.1. The second-order valence-corrected chi connectivity index (χ2v) is 11.4. The first kappa shape index (κ1) is 25.2. The Bertz CT molecular complexity index is 1320. The van der Waals surface area contributed by atoms with Crippen molar-refractivity contribution < 1.29 is 22.0 Å². The van der Waals surface area contributed by atoms with Crippen molar-refractivity contribution in [2.75, 3.05) is 0 Å². The summed E-state index contributed by atoms with van der Waals surface area (Å²) < 4.78 is 59.8. The summed E-state index contributed by atoms with van der Waals surface area (Å²) in [6.07, 6.45) is 2.71. The molecule has 0 saturated carbocycles. The van der Waals surface area contributed by atoms with Gasteiger partial charge in [-0.05, 0) is 55.0 Å². The number of carbonyl (C=O) groups is 1. The predicted octanol–water partition coefficient (Wildman–Crippen LogP) is 5.13. The number of benzene rings is 2. The Morgan fingerprint density at radius 3 is 2.49 bits per heavy atom. The van der Waals surface area contributed by atoms with Gasteiger partial charge in [0.05, 0.1) is 0 Å². The van der Waals surface area contributed by atoms with Crippen LogP contribution in [0.3, 0.4) is 0 Å². The number of carbonyl (C=O) groups excluding carboxylic acids is 1. The fourth-order valence-electron chi connectivity index (χ4n) is 4.68. The molecule has 1 aromatic heterocycles. The first-order chi connectivity index (χ1) is 16.6. The van der Waals surface area contributed by atoms with E-state index in [0.717, 1.165) is 12.1 Å². The van der Waals surface area contributed by atoms with Crippen molar-refractivity contribution in [2.24, 2.45) is 7.05 Å². The molecule has 0 aliphatic carbocycles. The van der Waals surface area contributed by atoms with E-state index >= 15 is 8.78 Å². The minimum atomic E-state index is -3.77. The normalized spacial score (nSPS) is 21.1. The number of hydrogen-bond acceptors (Lipinski definition) is 4. The molecule has 35 heavy (non-hydrogen) atoms. The van der Waals surface area contributed by atoms with Crippen LogP contribution in [0, 0.1) is 11.6 Å². The van der Waals surface area contributed by atoms with Crippen molar-refractivity contribution in [2.45, 2.75) is 56.9 Å². The predicted molar refractivity (Wildman–Crippen MR) is 129 cm³/mol. The standard InChI is InChI=1S/C26H29F2N3O3S/c1-17(13-25(32)24-11-12-30(3)29-24)21-15-22(27)20(14-23(21)28)16-31-18(2)9-10-26(35(31,33)34)19-7-5-4-6-8-19/h4-8,11-12,14-15,17-18,26H,9-10,13,16H2,1-3H3/t17?,18-,26+/m1/s1. The Hall–Kier alpha value is -2.91. The number of ketones is 1. The van der Waals surface area contributed by atoms with Gasteiger partial charge in [-0.25, -0.2) is 17.2 Å². The summed E-state index contributed by atoms with van der Waals surface area (Å²) in [7, 11) is -2.08. The summed E-state index contributed by atoms with van der Waals surface area (Å²) in [4.78, 5) is 12.5. The lowest BCUT2D eigenvalue weighted by atomic mass is 9.93. The second kappa shape index (κ2) is 9.99.